The molecule has 0 aliphatic carbocycles. The van der Waals surface area contributed by atoms with Crippen molar-refractivity contribution in [3.05, 3.63) is 66.7 Å². The van der Waals surface area contributed by atoms with Gasteiger partial charge in [0, 0.05) is 0 Å². The molecule has 0 aliphatic heterocycles. The number of methoxy groups -OCH3 is 1. The van der Waals surface area contributed by atoms with Crippen molar-refractivity contribution >= 4 is 43.1 Å². The molecule has 0 saturated carbocycles. The van der Waals surface area contributed by atoms with Crippen LogP contribution >= 0.6 is 0 Å². The number of benzene rings is 5. The monoisotopic (exact) mass is 282 g/mol. The van der Waals surface area contributed by atoms with Crippen LogP contribution in [0.25, 0.3) is 43.1 Å². The van der Waals surface area contributed by atoms with Crippen LogP contribution in [-0.2, 0) is 0 Å². The Bertz CT molecular complexity index is 1140. The van der Waals surface area contributed by atoms with E-state index in [4.69, 9.17) is 4.74 Å². The molecular formula is C21H14O. The summed E-state index contributed by atoms with van der Waals surface area (Å²) in [7, 11) is 1.71. The molecule has 0 N–H and O–H groups in total. The second-order valence-corrected chi connectivity index (χ2v) is 5.82. The summed E-state index contributed by atoms with van der Waals surface area (Å²) in [6.45, 7) is 0. The highest BCUT2D eigenvalue weighted by molar-refractivity contribution is 6.28. The van der Waals surface area contributed by atoms with Crippen LogP contribution in [0.4, 0.5) is 0 Å². The number of rotatable bonds is 1. The predicted octanol–water partition coefficient (Wildman–Crippen LogP) is 5.75. The minimum atomic E-state index is 0.903. The summed E-state index contributed by atoms with van der Waals surface area (Å²) < 4.78 is 5.37. The van der Waals surface area contributed by atoms with Crippen LogP contribution in [0.3, 0.4) is 0 Å². The van der Waals surface area contributed by atoms with Crippen molar-refractivity contribution in [1.29, 1.82) is 0 Å². The molecule has 104 valence electrons. The van der Waals surface area contributed by atoms with Gasteiger partial charge >= 0.3 is 0 Å². The molecule has 0 aliphatic rings. The van der Waals surface area contributed by atoms with Crippen LogP contribution in [0.5, 0.6) is 5.75 Å². The lowest BCUT2D eigenvalue weighted by Gasteiger charge is -2.13. The van der Waals surface area contributed by atoms with E-state index in [0.29, 0.717) is 0 Å². The van der Waals surface area contributed by atoms with E-state index in [1.54, 1.807) is 7.11 Å². The van der Waals surface area contributed by atoms with E-state index < -0.39 is 0 Å². The fourth-order valence-corrected chi connectivity index (χ4v) is 3.65. The van der Waals surface area contributed by atoms with Crippen molar-refractivity contribution in [3.8, 4) is 5.75 Å². The number of fused-ring (bicyclic) bond motifs is 2. The molecule has 22 heavy (non-hydrogen) atoms. The molecule has 5 aromatic rings. The van der Waals surface area contributed by atoms with Crippen LogP contribution < -0.4 is 4.74 Å². The first-order valence-corrected chi connectivity index (χ1v) is 7.49. The lowest BCUT2D eigenvalue weighted by atomic mass is 9.91. The SMILES string of the molecule is COc1ccc2c(c1)cc1ccc3cccc4ccc2c1c34. The molecule has 0 atom stereocenters. The quantitative estimate of drug-likeness (QED) is 0.281. The Hall–Kier alpha value is -2.80. The van der Waals surface area contributed by atoms with Crippen LogP contribution in [0.15, 0.2) is 66.7 Å². The van der Waals surface area contributed by atoms with Crippen molar-refractivity contribution in [3.63, 3.8) is 0 Å². The van der Waals surface area contributed by atoms with Crippen LogP contribution in [0.2, 0.25) is 0 Å². The van der Waals surface area contributed by atoms with Crippen molar-refractivity contribution in [2.75, 3.05) is 7.11 Å². The van der Waals surface area contributed by atoms with Gasteiger partial charge in [-0.2, -0.15) is 0 Å². The highest BCUT2D eigenvalue weighted by Crippen LogP contribution is 2.38. The summed E-state index contributed by atoms with van der Waals surface area (Å²) in [6, 6.07) is 24.0. The highest BCUT2D eigenvalue weighted by Gasteiger charge is 2.10. The minimum Gasteiger partial charge on any atom is -0.497 e. The topological polar surface area (TPSA) is 9.23 Å². The standard InChI is InChI=1S/C21H14O/c1-22-17-8-10-18-16(12-17)11-15-6-5-13-3-2-4-14-7-9-19(18)21(15)20(13)14/h2-12H,1H3. The molecule has 0 radical (unpaired) electrons. The molecule has 0 spiro atoms. The Balaban J connectivity index is 2.10. The maximum absolute atomic E-state index is 5.37. The van der Waals surface area contributed by atoms with Crippen LogP contribution in [0.1, 0.15) is 0 Å². The van der Waals surface area contributed by atoms with Gasteiger partial charge < -0.3 is 4.74 Å². The van der Waals surface area contributed by atoms with E-state index in [0.717, 1.165) is 5.75 Å². The Labute approximate surface area is 128 Å². The average Bonchev–Trinajstić information content (AvgIpc) is 2.58. The second kappa shape index (κ2) is 4.11. The first-order chi connectivity index (χ1) is 10.8. The third-order valence-corrected chi connectivity index (χ3v) is 4.67. The van der Waals surface area contributed by atoms with Crippen LogP contribution in [0, 0.1) is 0 Å². The normalized spacial score (nSPS) is 11.9. The molecule has 0 aromatic heterocycles. The zero-order valence-corrected chi connectivity index (χ0v) is 12.3. The molecule has 0 bridgehead atoms. The molecule has 1 nitrogen and oxygen atoms in total. The Morgan fingerprint density at radius 2 is 1.32 bits per heavy atom. The zero-order valence-electron chi connectivity index (χ0n) is 12.3. The molecular weight excluding hydrogens is 268 g/mol. The number of hydrogen-bond donors (Lipinski definition) is 0. The van der Waals surface area contributed by atoms with Gasteiger partial charge in [-0.3, -0.25) is 0 Å². The van der Waals surface area contributed by atoms with E-state index in [1.807, 2.05) is 6.07 Å². The van der Waals surface area contributed by atoms with E-state index in [9.17, 15) is 0 Å². The lowest BCUT2D eigenvalue weighted by molar-refractivity contribution is 0.415. The summed E-state index contributed by atoms with van der Waals surface area (Å²) in [5, 5.41) is 10.5. The highest BCUT2D eigenvalue weighted by atomic mass is 16.5. The number of ether oxygens (including phenoxy) is 1. The summed E-state index contributed by atoms with van der Waals surface area (Å²) in [5.41, 5.74) is 0. The first kappa shape index (κ1) is 11.8. The van der Waals surface area contributed by atoms with Gasteiger partial charge in [0.25, 0.3) is 0 Å². The average molecular weight is 282 g/mol. The number of hydrogen-bond acceptors (Lipinski definition) is 1. The Morgan fingerprint density at radius 3 is 2.14 bits per heavy atom. The van der Waals surface area contributed by atoms with Gasteiger partial charge in [0.05, 0.1) is 7.11 Å². The third kappa shape index (κ3) is 1.43. The summed E-state index contributed by atoms with van der Waals surface area (Å²) in [6.07, 6.45) is 0. The van der Waals surface area contributed by atoms with Gasteiger partial charge in [-0.25, -0.2) is 0 Å². The van der Waals surface area contributed by atoms with Gasteiger partial charge in [0.15, 0.2) is 0 Å². The summed E-state index contributed by atoms with van der Waals surface area (Å²) in [5.74, 6) is 0.903. The lowest BCUT2D eigenvalue weighted by Crippen LogP contribution is -1.87. The Kier molecular flexibility index (Phi) is 2.21. The van der Waals surface area contributed by atoms with E-state index in [1.165, 1.54) is 43.1 Å². The van der Waals surface area contributed by atoms with Gasteiger partial charge in [-0.05, 0) is 61.3 Å². The third-order valence-electron chi connectivity index (χ3n) is 4.67. The van der Waals surface area contributed by atoms with E-state index >= 15 is 0 Å². The maximum Gasteiger partial charge on any atom is 0.119 e. The largest absolute Gasteiger partial charge is 0.497 e. The summed E-state index contributed by atoms with van der Waals surface area (Å²) in [4.78, 5) is 0. The van der Waals surface area contributed by atoms with Crippen molar-refractivity contribution in [1.82, 2.24) is 0 Å². The smallest absolute Gasteiger partial charge is 0.119 e. The van der Waals surface area contributed by atoms with Gasteiger partial charge in [0.2, 0.25) is 0 Å². The molecule has 5 rings (SSSR count). The zero-order chi connectivity index (χ0) is 14.7. The van der Waals surface area contributed by atoms with Gasteiger partial charge in [0.1, 0.15) is 5.75 Å². The Morgan fingerprint density at radius 1 is 0.591 bits per heavy atom. The van der Waals surface area contributed by atoms with Crippen molar-refractivity contribution < 1.29 is 4.74 Å². The molecule has 1 heteroatoms. The van der Waals surface area contributed by atoms with Crippen molar-refractivity contribution in [2.24, 2.45) is 0 Å². The van der Waals surface area contributed by atoms with Gasteiger partial charge in [-0.1, -0.05) is 48.5 Å². The fourth-order valence-electron chi connectivity index (χ4n) is 3.65. The van der Waals surface area contributed by atoms with Gasteiger partial charge in [-0.15, -0.1) is 0 Å². The molecule has 0 amide bonds. The fraction of sp³-hybridized carbons (Fsp3) is 0.0476. The minimum absolute atomic E-state index is 0.903. The molecule has 0 heterocycles. The predicted molar refractivity (Wildman–Crippen MR) is 94.2 cm³/mol. The van der Waals surface area contributed by atoms with E-state index in [2.05, 4.69) is 60.7 Å². The molecule has 5 aromatic carbocycles. The second-order valence-electron chi connectivity index (χ2n) is 5.82. The molecule has 0 unspecified atom stereocenters. The van der Waals surface area contributed by atoms with E-state index in [-0.39, 0.29) is 0 Å². The summed E-state index contributed by atoms with van der Waals surface area (Å²) >= 11 is 0. The molecule has 0 fully saturated rings. The maximum atomic E-state index is 5.37. The molecule has 0 saturated heterocycles. The van der Waals surface area contributed by atoms with Crippen molar-refractivity contribution in [2.45, 2.75) is 0 Å². The first-order valence-electron chi connectivity index (χ1n) is 7.49. The van der Waals surface area contributed by atoms with Crippen LogP contribution in [-0.4, -0.2) is 7.11 Å².